The van der Waals surface area contributed by atoms with E-state index in [1.54, 1.807) is 12.1 Å². The summed E-state index contributed by atoms with van der Waals surface area (Å²) in [4.78, 5) is 11.7. The van der Waals surface area contributed by atoms with Crippen molar-refractivity contribution in [3.05, 3.63) is 22.7 Å². The molecule has 0 aliphatic heterocycles. The van der Waals surface area contributed by atoms with Crippen molar-refractivity contribution < 1.29 is 4.79 Å². The summed E-state index contributed by atoms with van der Waals surface area (Å²) < 4.78 is 0.846. The Kier molecular flexibility index (Phi) is 4.80. The van der Waals surface area contributed by atoms with E-state index in [4.69, 9.17) is 5.73 Å². The van der Waals surface area contributed by atoms with Crippen LogP contribution in [0.1, 0.15) is 26.7 Å². The maximum Gasteiger partial charge on any atom is 0.224 e. The van der Waals surface area contributed by atoms with Gasteiger partial charge < -0.3 is 11.1 Å². The van der Waals surface area contributed by atoms with Gasteiger partial charge in [-0.1, -0.05) is 20.3 Å². The smallest absolute Gasteiger partial charge is 0.224 e. The highest BCUT2D eigenvalue weighted by atomic mass is 79.9. The Labute approximate surface area is 105 Å². The van der Waals surface area contributed by atoms with E-state index in [0.29, 0.717) is 18.0 Å². The number of nitrogens with two attached hydrogens (primary N) is 1. The van der Waals surface area contributed by atoms with Crippen LogP contribution >= 0.6 is 15.9 Å². The number of benzene rings is 1. The number of hydrogen-bond donors (Lipinski definition) is 2. The fourth-order valence-electron chi connectivity index (χ4n) is 1.30. The molecule has 88 valence electrons. The first-order valence-electron chi connectivity index (χ1n) is 5.37. The quantitative estimate of drug-likeness (QED) is 0.833. The molecule has 1 rings (SSSR count). The van der Waals surface area contributed by atoms with Gasteiger partial charge in [-0.05, 0) is 40.0 Å². The normalized spacial score (nSPS) is 12.2. The minimum Gasteiger partial charge on any atom is -0.399 e. The van der Waals surface area contributed by atoms with E-state index in [1.165, 1.54) is 0 Å². The molecule has 0 spiro atoms. The zero-order valence-corrected chi connectivity index (χ0v) is 11.2. The van der Waals surface area contributed by atoms with Crippen LogP contribution in [0, 0.1) is 5.92 Å². The summed E-state index contributed by atoms with van der Waals surface area (Å²) in [6, 6.07) is 5.36. The van der Waals surface area contributed by atoms with E-state index < -0.39 is 0 Å². The molecule has 0 saturated heterocycles. The number of anilines is 2. The molecule has 1 amide bonds. The minimum atomic E-state index is 0.0284. The van der Waals surface area contributed by atoms with Crippen LogP contribution in [0.15, 0.2) is 22.7 Å². The van der Waals surface area contributed by atoms with Gasteiger partial charge in [0.2, 0.25) is 5.91 Å². The molecule has 1 unspecified atom stereocenters. The van der Waals surface area contributed by atoms with Crippen LogP contribution in [-0.2, 0) is 4.79 Å². The first-order chi connectivity index (χ1) is 7.52. The zero-order chi connectivity index (χ0) is 12.1. The lowest BCUT2D eigenvalue weighted by Crippen LogP contribution is -2.15. The summed E-state index contributed by atoms with van der Waals surface area (Å²) >= 11 is 3.37. The van der Waals surface area contributed by atoms with Crippen molar-refractivity contribution >= 4 is 33.2 Å². The molecular formula is C12H17BrN2O. The second kappa shape index (κ2) is 5.89. The maximum absolute atomic E-state index is 11.7. The maximum atomic E-state index is 11.7. The molecule has 1 aromatic rings. The third kappa shape index (κ3) is 3.85. The van der Waals surface area contributed by atoms with Gasteiger partial charge in [-0.15, -0.1) is 0 Å². The van der Waals surface area contributed by atoms with Crippen molar-refractivity contribution in [1.29, 1.82) is 0 Å². The lowest BCUT2D eigenvalue weighted by atomic mass is 10.1. The number of nitrogen functional groups attached to an aromatic ring is 1. The van der Waals surface area contributed by atoms with Crippen LogP contribution in [-0.4, -0.2) is 5.91 Å². The van der Waals surface area contributed by atoms with Gasteiger partial charge in [0.1, 0.15) is 0 Å². The number of carbonyl (C=O) groups is 1. The van der Waals surface area contributed by atoms with Gasteiger partial charge in [-0.2, -0.15) is 0 Å². The molecule has 0 saturated carbocycles. The summed E-state index contributed by atoms with van der Waals surface area (Å²) in [6.45, 7) is 4.14. The Morgan fingerprint density at radius 2 is 2.25 bits per heavy atom. The van der Waals surface area contributed by atoms with Gasteiger partial charge in [0.05, 0.1) is 5.69 Å². The van der Waals surface area contributed by atoms with Gasteiger partial charge in [-0.3, -0.25) is 4.79 Å². The average molecular weight is 285 g/mol. The predicted molar refractivity (Wildman–Crippen MR) is 71.3 cm³/mol. The highest BCUT2D eigenvalue weighted by molar-refractivity contribution is 9.10. The fourth-order valence-corrected chi connectivity index (χ4v) is 1.65. The second-order valence-electron chi connectivity index (χ2n) is 4.01. The van der Waals surface area contributed by atoms with Gasteiger partial charge >= 0.3 is 0 Å². The van der Waals surface area contributed by atoms with E-state index in [-0.39, 0.29) is 5.91 Å². The highest BCUT2D eigenvalue weighted by Crippen LogP contribution is 2.25. The standard InChI is InChI=1S/C12H17BrN2O/c1-3-8(2)6-12(16)15-11-7-9(14)4-5-10(11)13/h4-5,7-8H,3,6,14H2,1-2H3,(H,15,16). The first kappa shape index (κ1) is 13.0. The van der Waals surface area contributed by atoms with Gasteiger partial charge in [0.15, 0.2) is 0 Å². The topological polar surface area (TPSA) is 55.1 Å². The molecule has 0 bridgehead atoms. The number of carbonyl (C=O) groups excluding carboxylic acids is 1. The third-order valence-corrected chi connectivity index (χ3v) is 3.19. The number of rotatable bonds is 4. The summed E-state index contributed by atoms with van der Waals surface area (Å²) in [5, 5.41) is 2.85. The van der Waals surface area contributed by atoms with Crippen molar-refractivity contribution in [2.24, 2.45) is 5.92 Å². The molecule has 3 nitrogen and oxygen atoms in total. The monoisotopic (exact) mass is 284 g/mol. The summed E-state index contributed by atoms with van der Waals surface area (Å²) in [7, 11) is 0. The van der Waals surface area contributed by atoms with Crippen LogP contribution < -0.4 is 11.1 Å². The van der Waals surface area contributed by atoms with Gasteiger partial charge in [0.25, 0.3) is 0 Å². The average Bonchev–Trinajstić information content (AvgIpc) is 2.23. The molecule has 0 aliphatic carbocycles. The van der Waals surface area contributed by atoms with Crippen LogP contribution in [0.25, 0.3) is 0 Å². The molecule has 3 N–H and O–H groups in total. The van der Waals surface area contributed by atoms with Crippen molar-refractivity contribution in [3.8, 4) is 0 Å². The lowest BCUT2D eigenvalue weighted by molar-refractivity contribution is -0.117. The molecule has 0 radical (unpaired) electrons. The van der Waals surface area contributed by atoms with Crippen molar-refractivity contribution in [1.82, 2.24) is 0 Å². The number of hydrogen-bond acceptors (Lipinski definition) is 2. The van der Waals surface area contributed by atoms with Crippen molar-refractivity contribution in [2.75, 3.05) is 11.1 Å². The Morgan fingerprint density at radius 1 is 1.56 bits per heavy atom. The SMILES string of the molecule is CCC(C)CC(=O)Nc1cc(N)ccc1Br. The molecule has 1 aromatic carbocycles. The summed E-state index contributed by atoms with van der Waals surface area (Å²) in [5.74, 6) is 0.431. The lowest BCUT2D eigenvalue weighted by Gasteiger charge is -2.11. The molecule has 4 heteroatoms. The van der Waals surface area contributed by atoms with E-state index in [9.17, 15) is 4.79 Å². The number of amides is 1. The third-order valence-electron chi connectivity index (χ3n) is 2.50. The molecule has 0 aromatic heterocycles. The molecule has 1 atom stereocenters. The number of halogens is 1. The van der Waals surface area contributed by atoms with Crippen LogP contribution in [0.4, 0.5) is 11.4 Å². The Bertz CT molecular complexity index is 379. The van der Waals surface area contributed by atoms with Crippen LogP contribution in [0.2, 0.25) is 0 Å². The predicted octanol–water partition coefficient (Wildman–Crippen LogP) is 3.41. The molecule has 16 heavy (non-hydrogen) atoms. The van der Waals surface area contributed by atoms with Crippen molar-refractivity contribution in [3.63, 3.8) is 0 Å². The van der Waals surface area contributed by atoms with E-state index in [1.807, 2.05) is 6.07 Å². The van der Waals surface area contributed by atoms with E-state index in [2.05, 4.69) is 35.1 Å². The zero-order valence-electron chi connectivity index (χ0n) is 9.59. The van der Waals surface area contributed by atoms with Crippen LogP contribution in [0.3, 0.4) is 0 Å². The fraction of sp³-hybridized carbons (Fsp3) is 0.417. The van der Waals surface area contributed by atoms with Gasteiger partial charge in [0, 0.05) is 16.6 Å². The van der Waals surface area contributed by atoms with E-state index in [0.717, 1.165) is 16.6 Å². The molecule has 0 fully saturated rings. The van der Waals surface area contributed by atoms with Crippen LogP contribution in [0.5, 0.6) is 0 Å². The highest BCUT2D eigenvalue weighted by Gasteiger charge is 2.09. The Morgan fingerprint density at radius 3 is 2.88 bits per heavy atom. The number of nitrogens with one attached hydrogen (secondary N) is 1. The minimum absolute atomic E-state index is 0.0284. The summed E-state index contributed by atoms with van der Waals surface area (Å²) in [5.41, 5.74) is 7.03. The Hall–Kier alpha value is -1.03. The Balaban J connectivity index is 2.65. The van der Waals surface area contributed by atoms with E-state index >= 15 is 0 Å². The summed E-state index contributed by atoms with van der Waals surface area (Å²) in [6.07, 6.45) is 1.54. The molecule has 0 heterocycles. The largest absolute Gasteiger partial charge is 0.399 e. The second-order valence-corrected chi connectivity index (χ2v) is 4.86. The molecule has 0 aliphatic rings. The first-order valence-corrected chi connectivity index (χ1v) is 6.17. The van der Waals surface area contributed by atoms with Crippen molar-refractivity contribution in [2.45, 2.75) is 26.7 Å². The molecular weight excluding hydrogens is 268 g/mol. The van der Waals surface area contributed by atoms with Gasteiger partial charge in [-0.25, -0.2) is 0 Å².